The van der Waals surface area contributed by atoms with Crippen LogP contribution in [0.2, 0.25) is 0 Å². The molecule has 2 rings (SSSR count). The Hall–Kier alpha value is -1.65. The molecule has 1 aliphatic rings. The molecular formula is C12H17N3O2. The molecule has 0 aliphatic heterocycles. The second kappa shape index (κ2) is 5.61. The molecule has 1 heterocycles. The van der Waals surface area contributed by atoms with Gasteiger partial charge in [-0.15, -0.1) is 0 Å². The van der Waals surface area contributed by atoms with E-state index in [0.29, 0.717) is 11.7 Å². The van der Waals surface area contributed by atoms with Gasteiger partial charge in [-0.1, -0.05) is 19.3 Å². The smallest absolute Gasteiger partial charge is 0.358 e. The third-order valence-electron chi connectivity index (χ3n) is 3.18. The van der Waals surface area contributed by atoms with Crippen LogP contribution >= 0.6 is 0 Å². The minimum absolute atomic E-state index is 0.00306. The predicted octanol–water partition coefficient (Wildman–Crippen LogP) is 2.17. The summed E-state index contributed by atoms with van der Waals surface area (Å²) in [5, 5.41) is 12.1. The Morgan fingerprint density at radius 1 is 1.29 bits per heavy atom. The second-order valence-corrected chi connectivity index (χ2v) is 4.44. The molecule has 0 aromatic carbocycles. The van der Waals surface area contributed by atoms with Gasteiger partial charge in [-0.25, -0.2) is 14.8 Å². The number of hydrogen-bond acceptors (Lipinski definition) is 4. The van der Waals surface area contributed by atoms with Gasteiger partial charge in [-0.3, -0.25) is 0 Å². The molecule has 0 unspecified atom stereocenters. The number of carboxylic acids is 1. The second-order valence-electron chi connectivity index (χ2n) is 4.44. The summed E-state index contributed by atoms with van der Waals surface area (Å²) in [6, 6.07) is 0. The van der Waals surface area contributed by atoms with Gasteiger partial charge in [0.1, 0.15) is 0 Å². The lowest BCUT2D eigenvalue weighted by Gasteiger charge is -2.22. The Balaban J connectivity index is 1.96. The van der Waals surface area contributed by atoms with E-state index >= 15 is 0 Å². The van der Waals surface area contributed by atoms with Crippen molar-refractivity contribution in [2.24, 2.45) is 5.92 Å². The first-order valence-electron chi connectivity index (χ1n) is 6.05. The lowest BCUT2D eigenvalue weighted by Crippen LogP contribution is -2.19. The first-order valence-corrected chi connectivity index (χ1v) is 6.05. The van der Waals surface area contributed by atoms with Crippen molar-refractivity contribution in [2.45, 2.75) is 32.1 Å². The highest BCUT2D eigenvalue weighted by Gasteiger charge is 2.16. The molecule has 0 amide bonds. The third-order valence-corrected chi connectivity index (χ3v) is 3.18. The highest BCUT2D eigenvalue weighted by molar-refractivity contribution is 5.90. The van der Waals surface area contributed by atoms with E-state index in [9.17, 15) is 4.79 Å². The molecule has 92 valence electrons. The zero-order valence-electron chi connectivity index (χ0n) is 9.72. The minimum Gasteiger partial charge on any atom is -0.476 e. The fourth-order valence-corrected chi connectivity index (χ4v) is 2.26. The molecule has 5 heteroatoms. The molecule has 2 N–H and O–H groups in total. The molecule has 0 saturated heterocycles. The molecule has 1 saturated carbocycles. The third kappa shape index (κ3) is 3.15. The molecule has 1 aromatic rings. The maximum Gasteiger partial charge on any atom is 0.358 e. The van der Waals surface area contributed by atoms with Crippen LogP contribution in [0.5, 0.6) is 0 Å². The van der Waals surface area contributed by atoms with E-state index in [-0.39, 0.29) is 5.69 Å². The quantitative estimate of drug-likeness (QED) is 0.836. The first kappa shape index (κ1) is 11.8. The van der Waals surface area contributed by atoms with Gasteiger partial charge in [0.2, 0.25) is 0 Å². The maximum absolute atomic E-state index is 10.9. The summed E-state index contributed by atoms with van der Waals surface area (Å²) in [5.74, 6) is -0.0257. The minimum atomic E-state index is -1.04. The molecule has 0 atom stereocenters. The molecule has 17 heavy (non-hydrogen) atoms. The number of nitrogens with one attached hydrogen (secondary N) is 1. The van der Waals surface area contributed by atoms with E-state index in [4.69, 9.17) is 5.11 Å². The molecule has 1 aliphatic carbocycles. The molecule has 0 bridgehead atoms. The van der Waals surface area contributed by atoms with Crippen molar-refractivity contribution >= 4 is 11.8 Å². The lowest BCUT2D eigenvalue weighted by molar-refractivity contribution is 0.0691. The van der Waals surface area contributed by atoms with E-state index in [1.54, 1.807) is 0 Å². The van der Waals surface area contributed by atoms with Crippen molar-refractivity contribution in [2.75, 3.05) is 11.9 Å². The van der Waals surface area contributed by atoms with Crippen molar-refractivity contribution in [1.82, 2.24) is 9.97 Å². The molecule has 0 radical (unpaired) electrons. The number of carbonyl (C=O) groups is 1. The number of aromatic nitrogens is 2. The lowest BCUT2D eigenvalue weighted by atomic mass is 9.89. The molecule has 0 spiro atoms. The van der Waals surface area contributed by atoms with Gasteiger partial charge >= 0.3 is 5.97 Å². The Morgan fingerprint density at radius 2 is 2.00 bits per heavy atom. The average molecular weight is 235 g/mol. The van der Waals surface area contributed by atoms with E-state index in [0.717, 1.165) is 6.54 Å². The van der Waals surface area contributed by atoms with Gasteiger partial charge in [-0.05, 0) is 18.8 Å². The van der Waals surface area contributed by atoms with Crippen LogP contribution in [0.3, 0.4) is 0 Å². The van der Waals surface area contributed by atoms with E-state index < -0.39 is 5.97 Å². The maximum atomic E-state index is 10.9. The van der Waals surface area contributed by atoms with Gasteiger partial charge < -0.3 is 10.4 Å². The van der Waals surface area contributed by atoms with Gasteiger partial charge in [0, 0.05) is 18.9 Å². The van der Waals surface area contributed by atoms with Crippen LogP contribution in [0.4, 0.5) is 5.82 Å². The summed E-state index contributed by atoms with van der Waals surface area (Å²) in [6.07, 6.45) is 9.22. The van der Waals surface area contributed by atoms with Gasteiger partial charge in [0.25, 0.3) is 0 Å². The summed E-state index contributed by atoms with van der Waals surface area (Å²) in [7, 11) is 0. The Labute approximate surface area is 100 Å². The largest absolute Gasteiger partial charge is 0.476 e. The van der Waals surface area contributed by atoms with Crippen molar-refractivity contribution in [1.29, 1.82) is 0 Å². The van der Waals surface area contributed by atoms with Crippen molar-refractivity contribution < 1.29 is 9.90 Å². The number of rotatable bonds is 4. The fourth-order valence-electron chi connectivity index (χ4n) is 2.26. The number of hydrogen-bond donors (Lipinski definition) is 2. The summed E-state index contributed by atoms with van der Waals surface area (Å²) in [6.45, 7) is 0.791. The SMILES string of the molecule is O=C(O)c1nccnc1NCC1CCCCC1. The zero-order chi connectivity index (χ0) is 12.1. The van der Waals surface area contributed by atoms with Crippen LogP contribution in [0.1, 0.15) is 42.6 Å². The zero-order valence-corrected chi connectivity index (χ0v) is 9.72. The Bertz CT molecular complexity index is 389. The average Bonchev–Trinajstić information content (AvgIpc) is 2.38. The fraction of sp³-hybridized carbons (Fsp3) is 0.583. The van der Waals surface area contributed by atoms with E-state index in [2.05, 4.69) is 15.3 Å². The number of carboxylic acid groups (broad SMARTS) is 1. The van der Waals surface area contributed by atoms with Crippen LogP contribution in [0.25, 0.3) is 0 Å². The normalized spacial score (nSPS) is 16.7. The molecular weight excluding hydrogens is 218 g/mol. The van der Waals surface area contributed by atoms with E-state index in [1.165, 1.54) is 44.5 Å². The molecule has 1 fully saturated rings. The molecule has 5 nitrogen and oxygen atoms in total. The van der Waals surface area contributed by atoms with Gasteiger partial charge in [0.05, 0.1) is 0 Å². The van der Waals surface area contributed by atoms with Crippen molar-refractivity contribution in [3.63, 3.8) is 0 Å². The van der Waals surface area contributed by atoms with Crippen LogP contribution in [0, 0.1) is 5.92 Å². The van der Waals surface area contributed by atoms with Gasteiger partial charge in [-0.2, -0.15) is 0 Å². The van der Waals surface area contributed by atoms with Crippen LogP contribution < -0.4 is 5.32 Å². The summed E-state index contributed by atoms with van der Waals surface area (Å²) < 4.78 is 0. The number of aromatic carboxylic acids is 1. The Morgan fingerprint density at radius 3 is 2.71 bits per heavy atom. The highest BCUT2D eigenvalue weighted by Crippen LogP contribution is 2.23. The monoisotopic (exact) mass is 235 g/mol. The summed E-state index contributed by atoms with van der Waals surface area (Å²) in [5.41, 5.74) is 0.00306. The highest BCUT2D eigenvalue weighted by atomic mass is 16.4. The topological polar surface area (TPSA) is 75.1 Å². The summed E-state index contributed by atoms with van der Waals surface area (Å²) >= 11 is 0. The van der Waals surface area contributed by atoms with Gasteiger partial charge in [0.15, 0.2) is 11.5 Å². The molecule has 1 aromatic heterocycles. The number of nitrogens with zero attached hydrogens (tertiary/aromatic N) is 2. The Kier molecular flexibility index (Phi) is 3.90. The number of anilines is 1. The first-order chi connectivity index (χ1) is 8.27. The van der Waals surface area contributed by atoms with Crippen molar-refractivity contribution in [3.8, 4) is 0 Å². The van der Waals surface area contributed by atoms with Crippen LogP contribution in [-0.2, 0) is 0 Å². The standard InChI is InChI=1S/C12H17N3O2/c16-12(17)10-11(14-7-6-13-10)15-8-9-4-2-1-3-5-9/h6-7,9H,1-5,8H2,(H,14,15)(H,16,17). The predicted molar refractivity (Wildman–Crippen MR) is 64.1 cm³/mol. The van der Waals surface area contributed by atoms with Crippen LogP contribution in [-0.4, -0.2) is 27.6 Å². The van der Waals surface area contributed by atoms with Crippen LogP contribution in [0.15, 0.2) is 12.4 Å². The van der Waals surface area contributed by atoms with Crippen molar-refractivity contribution in [3.05, 3.63) is 18.1 Å². The summed E-state index contributed by atoms with van der Waals surface area (Å²) in [4.78, 5) is 18.8. The van der Waals surface area contributed by atoms with E-state index in [1.807, 2.05) is 0 Å².